The van der Waals surface area contributed by atoms with Crippen LogP contribution >= 0.6 is 0 Å². The molecular weight excluding hydrogens is 251 g/mol. The van der Waals surface area contributed by atoms with Crippen molar-refractivity contribution in [1.29, 1.82) is 0 Å². The third-order valence-electron chi connectivity index (χ3n) is 3.94. The van der Waals surface area contributed by atoms with Crippen LogP contribution in [-0.2, 0) is 10.2 Å². The van der Waals surface area contributed by atoms with E-state index in [1.807, 2.05) is 0 Å². The summed E-state index contributed by atoms with van der Waals surface area (Å²) in [5.74, 6) is -0.652. The highest BCUT2D eigenvalue weighted by Gasteiger charge is 2.50. The van der Waals surface area contributed by atoms with Gasteiger partial charge in [0.05, 0.1) is 5.41 Å². The summed E-state index contributed by atoms with van der Waals surface area (Å²) in [6.07, 6.45) is 0.0890. The maximum atomic E-state index is 13.4. The lowest BCUT2D eigenvalue weighted by Crippen LogP contribution is -2.51. The average molecular weight is 264 g/mol. The Hall–Kier alpha value is -2.11. The molecule has 1 atom stereocenters. The standard InChI is InChI=1S/C13H13FN2O3/c14-8-2-3-10-9(6-8)13(11(17)15-10)4-1-5-16(7-13)12(18)19/h2-3,6H,1,4-5,7H2,(H,15,17)(H,18,19). The largest absolute Gasteiger partial charge is 0.465 e. The predicted octanol–water partition coefficient (Wildman–Crippen LogP) is 1.79. The van der Waals surface area contributed by atoms with Crippen molar-refractivity contribution in [3.8, 4) is 0 Å². The predicted molar refractivity (Wildman–Crippen MR) is 65.5 cm³/mol. The Morgan fingerprint density at radius 1 is 1.47 bits per heavy atom. The topological polar surface area (TPSA) is 69.6 Å². The molecule has 2 amide bonds. The molecule has 1 saturated heterocycles. The van der Waals surface area contributed by atoms with E-state index in [4.69, 9.17) is 5.11 Å². The van der Waals surface area contributed by atoms with Gasteiger partial charge in [-0.2, -0.15) is 0 Å². The van der Waals surface area contributed by atoms with Crippen LogP contribution in [-0.4, -0.2) is 35.1 Å². The van der Waals surface area contributed by atoms with Crippen LogP contribution in [0.5, 0.6) is 0 Å². The van der Waals surface area contributed by atoms with E-state index < -0.39 is 17.3 Å². The second kappa shape index (κ2) is 3.94. The van der Waals surface area contributed by atoms with Crippen molar-refractivity contribution >= 4 is 17.7 Å². The monoisotopic (exact) mass is 264 g/mol. The third-order valence-corrected chi connectivity index (χ3v) is 3.94. The molecule has 3 rings (SSSR count). The zero-order chi connectivity index (χ0) is 13.6. The van der Waals surface area contributed by atoms with Gasteiger partial charge in [-0.3, -0.25) is 4.79 Å². The first kappa shape index (κ1) is 12.0. The van der Waals surface area contributed by atoms with Crippen molar-refractivity contribution in [3.63, 3.8) is 0 Å². The lowest BCUT2D eigenvalue weighted by molar-refractivity contribution is -0.122. The van der Waals surface area contributed by atoms with Crippen LogP contribution < -0.4 is 5.32 Å². The Kier molecular flexibility index (Phi) is 2.48. The molecule has 0 saturated carbocycles. The van der Waals surface area contributed by atoms with Crippen LogP contribution in [0.15, 0.2) is 18.2 Å². The summed E-state index contributed by atoms with van der Waals surface area (Å²) in [4.78, 5) is 24.6. The van der Waals surface area contributed by atoms with Crippen LogP contribution in [0.25, 0.3) is 0 Å². The number of rotatable bonds is 0. The molecule has 1 fully saturated rings. The number of likely N-dealkylation sites (tertiary alicyclic amines) is 1. The van der Waals surface area contributed by atoms with Gasteiger partial charge in [0.15, 0.2) is 0 Å². The minimum absolute atomic E-state index is 0.0879. The molecule has 19 heavy (non-hydrogen) atoms. The number of carbonyl (C=O) groups excluding carboxylic acids is 1. The Morgan fingerprint density at radius 3 is 3.00 bits per heavy atom. The zero-order valence-corrected chi connectivity index (χ0v) is 10.1. The van der Waals surface area contributed by atoms with Gasteiger partial charge in [0.25, 0.3) is 0 Å². The lowest BCUT2D eigenvalue weighted by atomic mass is 9.75. The van der Waals surface area contributed by atoms with Crippen molar-refractivity contribution in [1.82, 2.24) is 4.90 Å². The lowest BCUT2D eigenvalue weighted by Gasteiger charge is -2.37. The molecule has 0 bridgehead atoms. The van der Waals surface area contributed by atoms with Gasteiger partial charge in [0, 0.05) is 18.8 Å². The Morgan fingerprint density at radius 2 is 2.26 bits per heavy atom. The normalized spacial score (nSPS) is 25.3. The molecule has 1 spiro atoms. The number of halogens is 1. The maximum Gasteiger partial charge on any atom is 0.407 e. The molecule has 1 unspecified atom stereocenters. The van der Waals surface area contributed by atoms with Crippen molar-refractivity contribution < 1.29 is 19.1 Å². The van der Waals surface area contributed by atoms with Gasteiger partial charge in [-0.25, -0.2) is 9.18 Å². The zero-order valence-electron chi connectivity index (χ0n) is 10.1. The van der Waals surface area contributed by atoms with Gasteiger partial charge in [-0.1, -0.05) is 0 Å². The van der Waals surface area contributed by atoms with Crippen molar-refractivity contribution in [2.45, 2.75) is 18.3 Å². The number of benzene rings is 1. The number of anilines is 1. The number of nitrogens with zero attached hydrogens (tertiary/aromatic N) is 1. The van der Waals surface area contributed by atoms with Gasteiger partial charge >= 0.3 is 6.09 Å². The Labute approximate surface area is 109 Å². The minimum atomic E-state index is -1.04. The van der Waals surface area contributed by atoms with Gasteiger partial charge < -0.3 is 15.3 Å². The van der Waals surface area contributed by atoms with Crippen molar-refractivity contribution in [2.75, 3.05) is 18.4 Å². The van der Waals surface area contributed by atoms with E-state index in [9.17, 15) is 14.0 Å². The molecule has 2 heterocycles. The summed E-state index contributed by atoms with van der Waals surface area (Å²) >= 11 is 0. The highest BCUT2D eigenvalue weighted by molar-refractivity contribution is 6.06. The second-order valence-corrected chi connectivity index (χ2v) is 5.03. The van der Waals surface area contributed by atoms with Gasteiger partial charge in [-0.15, -0.1) is 0 Å². The van der Waals surface area contributed by atoms with E-state index >= 15 is 0 Å². The number of carbonyl (C=O) groups is 2. The van der Waals surface area contributed by atoms with Gasteiger partial charge in [0.2, 0.25) is 5.91 Å². The SMILES string of the molecule is O=C(O)N1CCCC2(C1)C(=O)Nc1ccc(F)cc12. The molecule has 0 radical (unpaired) electrons. The molecule has 2 aliphatic heterocycles. The number of nitrogens with one attached hydrogen (secondary N) is 1. The molecule has 5 nitrogen and oxygen atoms in total. The van der Waals surface area contributed by atoms with Crippen molar-refractivity contribution in [3.05, 3.63) is 29.6 Å². The molecule has 100 valence electrons. The number of hydrogen-bond donors (Lipinski definition) is 2. The summed E-state index contributed by atoms with van der Waals surface area (Å²) in [7, 11) is 0. The van der Waals surface area contributed by atoms with Crippen LogP contribution in [0.1, 0.15) is 18.4 Å². The first-order valence-electron chi connectivity index (χ1n) is 6.12. The second-order valence-electron chi connectivity index (χ2n) is 5.03. The first-order chi connectivity index (χ1) is 9.03. The van der Waals surface area contributed by atoms with Crippen LogP contribution in [0.4, 0.5) is 14.9 Å². The summed E-state index contributed by atoms with van der Waals surface area (Å²) in [6.45, 7) is 0.500. The molecule has 2 N–H and O–H groups in total. The molecule has 6 heteroatoms. The van der Waals surface area contributed by atoms with E-state index in [0.29, 0.717) is 30.6 Å². The quantitative estimate of drug-likeness (QED) is 0.750. The highest BCUT2D eigenvalue weighted by atomic mass is 19.1. The number of fused-ring (bicyclic) bond motifs is 2. The summed E-state index contributed by atoms with van der Waals surface area (Å²) in [6, 6.07) is 4.14. The smallest absolute Gasteiger partial charge is 0.407 e. The van der Waals surface area contributed by atoms with E-state index in [2.05, 4.69) is 5.32 Å². The van der Waals surface area contributed by atoms with E-state index in [-0.39, 0.29) is 12.5 Å². The fourth-order valence-corrected chi connectivity index (χ4v) is 3.01. The highest BCUT2D eigenvalue weighted by Crippen LogP contribution is 2.43. The Bertz CT molecular complexity index is 575. The third kappa shape index (κ3) is 1.67. The maximum absolute atomic E-state index is 13.4. The van der Waals surface area contributed by atoms with Gasteiger partial charge in [0.1, 0.15) is 5.82 Å². The molecule has 2 aliphatic rings. The number of piperidine rings is 1. The van der Waals surface area contributed by atoms with Crippen LogP contribution in [0, 0.1) is 5.82 Å². The molecule has 0 aromatic heterocycles. The fourth-order valence-electron chi connectivity index (χ4n) is 3.01. The number of hydrogen-bond acceptors (Lipinski definition) is 2. The minimum Gasteiger partial charge on any atom is -0.465 e. The molecule has 1 aromatic carbocycles. The van der Waals surface area contributed by atoms with E-state index in [1.165, 1.54) is 23.1 Å². The summed E-state index contributed by atoms with van der Waals surface area (Å²) in [5, 5.41) is 11.8. The fraction of sp³-hybridized carbons (Fsp3) is 0.385. The summed E-state index contributed by atoms with van der Waals surface area (Å²) in [5.41, 5.74) is 0.218. The number of carboxylic acid groups (broad SMARTS) is 1. The first-order valence-corrected chi connectivity index (χ1v) is 6.12. The van der Waals surface area contributed by atoms with Crippen LogP contribution in [0.2, 0.25) is 0 Å². The molecule has 1 aromatic rings. The van der Waals surface area contributed by atoms with Crippen molar-refractivity contribution in [2.24, 2.45) is 0 Å². The number of amides is 2. The molecule has 0 aliphatic carbocycles. The van der Waals surface area contributed by atoms with Gasteiger partial charge in [-0.05, 0) is 36.6 Å². The van der Waals surface area contributed by atoms with E-state index in [1.54, 1.807) is 0 Å². The average Bonchev–Trinajstić information content (AvgIpc) is 2.63. The summed E-state index contributed by atoms with van der Waals surface area (Å²) < 4.78 is 13.4. The molecular formula is C13H13FN2O3. The Balaban J connectivity index is 2.06. The van der Waals surface area contributed by atoms with Crippen LogP contribution in [0.3, 0.4) is 0 Å². The van der Waals surface area contributed by atoms with E-state index in [0.717, 1.165) is 0 Å².